The molecule has 0 spiro atoms. The molecular weight excluding hydrogens is 116 g/mol. The monoisotopic (exact) mass is 130 g/mol. The molecule has 1 fully saturated rings. The van der Waals surface area contributed by atoms with Crippen LogP contribution in [0.1, 0.15) is 19.8 Å². The maximum atomic E-state index is 9.12. The van der Waals surface area contributed by atoms with Crippen molar-refractivity contribution in [2.45, 2.75) is 25.9 Å². The molecule has 0 aliphatic carbocycles. The average Bonchev–Trinajstić information content (AvgIpc) is 1.90. The predicted octanol–water partition coefficient (Wildman–Crippen LogP) is 0.794. The molecule has 1 N–H and O–H groups in total. The highest BCUT2D eigenvalue weighted by Gasteiger charge is 2.17. The third kappa shape index (κ3) is 1.95. The minimum absolute atomic E-state index is 0.145. The Kier molecular flexibility index (Phi) is 2.49. The number of hydrogen-bond acceptors (Lipinski definition) is 2. The Morgan fingerprint density at radius 2 is 2.00 bits per heavy atom. The molecule has 0 saturated carbocycles. The van der Waals surface area contributed by atoms with Gasteiger partial charge < -0.3 is 9.84 Å². The fourth-order valence-electron chi connectivity index (χ4n) is 1.20. The SMILES string of the molecule is C[C@@H](O)C1CCOCC1. The van der Waals surface area contributed by atoms with Crippen LogP contribution in [0.3, 0.4) is 0 Å². The minimum Gasteiger partial charge on any atom is -0.393 e. The zero-order chi connectivity index (χ0) is 6.69. The maximum Gasteiger partial charge on any atom is 0.0541 e. The van der Waals surface area contributed by atoms with Gasteiger partial charge in [-0.25, -0.2) is 0 Å². The molecule has 54 valence electrons. The van der Waals surface area contributed by atoms with E-state index in [1.807, 2.05) is 6.92 Å². The van der Waals surface area contributed by atoms with Crippen LogP contribution in [0.4, 0.5) is 0 Å². The Morgan fingerprint density at radius 1 is 1.44 bits per heavy atom. The minimum atomic E-state index is -0.145. The largest absolute Gasteiger partial charge is 0.393 e. The number of ether oxygens (including phenoxy) is 1. The van der Waals surface area contributed by atoms with Gasteiger partial charge >= 0.3 is 0 Å². The summed E-state index contributed by atoms with van der Waals surface area (Å²) in [6.07, 6.45) is 1.91. The van der Waals surface area contributed by atoms with E-state index in [1.165, 1.54) is 0 Å². The standard InChI is InChI=1S/C7H14O2/c1-6(8)7-2-4-9-5-3-7/h6-8H,2-5H2,1H3/t6-/m1/s1. The van der Waals surface area contributed by atoms with Gasteiger partial charge in [0.2, 0.25) is 0 Å². The van der Waals surface area contributed by atoms with Crippen LogP contribution < -0.4 is 0 Å². The van der Waals surface area contributed by atoms with E-state index in [9.17, 15) is 0 Å². The fourth-order valence-corrected chi connectivity index (χ4v) is 1.20. The molecule has 0 aromatic rings. The number of aliphatic hydroxyl groups is 1. The quantitative estimate of drug-likeness (QED) is 0.568. The lowest BCUT2D eigenvalue weighted by Gasteiger charge is -2.23. The summed E-state index contributed by atoms with van der Waals surface area (Å²) in [4.78, 5) is 0. The van der Waals surface area contributed by atoms with Gasteiger partial charge in [-0.15, -0.1) is 0 Å². The molecule has 2 heteroatoms. The van der Waals surface area contributed by atoms with Gasteiger partial charge in [-0.3, -0.25) is 0 Å². The molecule has 0 bridgehead atoms. The van der Waals surface area contributed by atoms with Crippen LogP contribution in [-0.2, 0) is 4.74 Å². The Labute approximate surface area is 55.8 Å². The first-order valence-electron chi connectivity index (χ1n) is 3.56. The zero-order valence-corrected chi connectivity index (χ0v) is 5.84. The van der Waals surface area contributed by atoms with Gasteiger partial charge in [0, 0.05) is 13.2 Å². The second-order valence-corrected chi connectivity index (χ2v) is 2.69. The molecule has 0 radical (unpaired) electrons. The number of aliphatic hydroxyl groups excluding tert-OH is 1. The summed E-state index contributed by atoms with van der Waals surface area (Å²) in [6, 6.07) is 0. The van der Waals surface area contributed by atoms with E-state index in [1.54, 1.807) is 0 Å². The predicted molar refractivity (Wildman–Crippen MR) is 35.2 cm³/mol. The smallest absolute Gasteiger partial charge is 0.0541 e. The number of rotatable bonds is 1. The van der Waals surface area contributed by atoms with Crippen molar-refractivity contribution in [3.05, 3.63) is 0 Å². The van der Waals surface area contributed by atoms with E-state index in [0.717, 1.165) is 26.1 Å². The average molecular weight is 130 g/mol. The molecule has 1 aliphatic rings. The highest BCUT2D eigenvalue weighted by molar-refractivity contribution is 4.67. The zero-order valence-electron chi connectivity index (χ0n) is 5.84. The maximum absolute atomic E-state index is 9.12. The highest BCUT2D eigenvalue weighted by atomic mass is 16.5. The number of hydrogen-bond donors (Lipinski definition) is 1. The first-order chi connectivity index (χ1) is 4.30. The van der Waals surface area contributed by atoms with Gasteiger partial charge in [-0.05, 0) is 25.7 Å². The molecule has 0 aromatic carbocycles. The van der Waals surface area contributed by atoms with Gasteiger partial charge in [0.15, 0.2) is 0 Å². The van der Waals surface area contributed by atoms with E-state index in [4.69, 9.17) is 9.84 Å². The van der Waals surface area contributed by atoms with E-state index in [2.05, 4.69) is 0 Å². The molecule has 1 saturated heterocycles. The van der Waals surface area contributed by atoms with Crippen molar-refractivity contribution in [1.29, 1.82) is 0 Å². The second-order valence-electron chi connectivity index (χ2n) is 2.69. The summed E-state index contributed by atoms with van der Waals surface area (Å²) in [6.45, 7) is 3.51. The second kappa shape index (κ2) is 3.18. The summed E-state index contributed by atoms with van der Waals surface area (Å²) in [5.41, 5.74) is 0. The molecule has 1 rings (SSSR count). The third-order valence-electron chi connectivity index (χ3n) is 1.95. The van der Waals surface area contributed by atoms with E-state index in [0.29, 0.717) is 5.92 Å². The van der Waals surface area contributed by atoms with Crippen molar-refractivity contribution >= 4 is 0 Å². The van der Waals surface area contributed by atoms with Crippen LogP contribution in [0, 0.1) is 5.92 Å². The van der Waals surface area contributed by atoms with Crippen molar-refractivity contribution in [1.82, 2.24) is 0 Å². The molecule has 1 aliphatic heterocycles. The Morgan fingerprint density at radius 3 is 2.33 bits per heavy atom. The molecule has 0 unspecified atom stereocenters. The third-order valence-corrected chi connectivity index (χ3v) is 1.95. The lowest BCUT2D eigenvalue weighted by Crippen LogP contribution is -2.24. The summed E-state index contributed by atoms with van der Waals surface area (Å²) in [5.74, 6) is 0.485. The van der Waals surface area contributed by atoms with Crippen molar-refractivity contribution in [2.24, 2.45) is 5.92 Å². The highest BCUT2D eigenvalue weighted by Crippen LogP contribution is 2.17. The van der Waals surface area contributed by atoms with Crippen LogP contribution in [-0.4, -0.2) is 24.4 Å². The van der Waals surface area contributed by atoms with Crippen LogP contribution in [0.2, 0.25) is 0 Å². The van der Waals surface area contributed by atoms with Gasteiger partial charge in [0.25, 0.3) is 0 Å². The van der Waals surface area contributed by atoms with E-state index in [-0.39, 0.29) is 6.10 Å². The molecule has 1 atom stereocenters. The van der Waals surface area contributed by atoms with Crippen LogP contribution in [0.5, 0.6) is 0 Å². The Hall–Kier alpha value is -0.0800. The molecule has 1 heterocycles. The summed E-state index contributed by atoms with van der Waals surface area (Å²) in [7, 11) is 0. The molecule has 9 heavy (non-hydrogen) atoms. The van der Waals surface area contributed by atoms with Crippen LogP contribution in [0.25, 0.3) is 0 Å². The van der Waals surface area contributed by atoms with Gasteiger partial charge in [-0.2, -0.15) is 0 Å². The molecule has 0 aromatic heterocycles. The van der Waals surface area contributed by atoms with Crippen molar-refractivity contribution in [3.8, 4) is 0 Å². The first kappa shape index (κ1) is 7.03. The van der Waals surface area contributed by atoms with E-state index >= 15 is 0 Å². The lowest BCUT2D eigenvalue weighted by atomic mass is 9.95. The van der Waals surface area contributed by atoms with Crippen molar-refractivity contribution in [3.63, 3.8) is 0 Å². The van der Waals surface area contributed by atoms with Gasteiger partial charge in [0.1, 0.15) is 0 Å². The Bertz CT molecular complexity index is 75.0. The topological polar surface area (TPSA) is 29.5 Å². The summed E-state index contributed by atoms with van der Waals surface area (Å²) < 4.78 is 5.14. The van der Waals surface area contributed by atoms with Crippen molar-refractivity contribution in [2.75, 3.05) is 13.2 Å². The molecular formula is C7H14O2. The molecule has 0 amide bonds. The first-order valence-corrected chi connectivity index (χ1v) is 3.56. The lowest BCUT2D eigenvalue weighted by molar-refractivity contribution is 0.0152. The Balaban J connectivity index is 2.23. The molecule has 2 nitrogen and oxygen atoms in total. The summed E-state index contributed by atoms with van der Waals surface area (Å²) in [5, 5.41) is 9.12. The van der Waals surface area contributed by atoms with Crippen LogP contribution >= 0.6 is 0 Å². The van der Waals surface area contributed by atoms with E-state index < -0.39 is 0 Å². The van der Waals surface area contributed by atoms with Crippen molar-refractivity contribution < 1.29 is 9.84 Å². The summed E-state index contributed by atoms with van der Waals surface area (Å²) >= 11 is 0. The van der Waals surface area contributed by atoms with Gasteiger partial charge in [-0.1, -0.05) is 0 Å². The fraction of sp³-hybridized carbons (Fsp3) is 1.00. The normalized spacial score (nSPS) is 26.0. The van der Waals surface area contributed by atoms with Gasteiger partial charge in [0.05, 0.1) is 6.10 Å². The van der Waals surface area contributed by atoms with Crippen LogP contribution in [0.15, 0.2) is 0 Å².